The maximum atomic E-state index is 14.1. The number of anilines is 1. The summed E-state index contributed by atoms with van der Waals surface area (Å²) in [5.41, 5.74) is -4.06. The molecule has 0 amide bonds. The zero-order valence-corrected chi connectivity index (χ0v) is 26.2. The van der Waals surface area contributed by atoms with Gasteiger partial charge in [0.05, 0.1) is 35.2 Å². The Kier molecular flexibility index (Phi) is 8.77. The second-order valence-corrected chi connectivity index (χ2v) is 12.8. The summed E-state index contributed by atoms with van der Waals surface area (Å²) >= 11 is 1.98. The van der Waals surface area contributed by atoms with Gasteiger partial charge in [0.25, 0.3) is 0 Å². The molecule has 3 aromatic carbocycles. The molecule has 0 atom stereocenters. The molecule has 0 unspecified atom stereocenters. The van der Waals surface area contributed by atoms with Crippen LogP contribution in [0.3, 0.4) is 0 Å². The van der Waals surface area contributed by atoms with E-state index in [1.807, 2.05) is 41.6 Å². The first kappa shape index (κ1) is 32.2. The van der Waals surface area contributed by atoms with Crippen molar-refractivity contribution < 1.29 is 41.0 Å². The van der Waals surface area contributed by atoms with Crippen LogP contribution in [0.2, 0.25) is 0 Å². The lowest BCUT2D eigenvalue weighted by molar-refractivity contribution is -0.137. The highest BCUT2D eigenvalue weighted by atomic mass is 127. The number of hydrogen-bond acceptors (Lipinski definition) is 5. The zero-order valence-electron chi connectivity index (χ0n) is 23.2. The monoisotopic (exact) mass is 746 g/mol. The van der Waals surface area contributed by atoms with Crippen LogP contribution in [0.4, 0.5) is 27.8 Å². The molecule has 5 aromatic rings. The molecule has 5 rings (SSSR count). The number of fused-ring (bicyclic) bond motifs is 3. The summed E-state index contributed by atoms with van der Waals surface area (Å²) in [4.78, 5) is 28.8. The standard InChI is InChI=1S/C29H25F5IN4O4P/c1-38(2)26-24-20-11-12-39(13-14-43-16-17-7-9-18(10-8-17)29(33,34)44(40,41)42)25(20)21(15-23(24)36-27(35)37-26)19-5-3-4-6-22(19)28(30,31)32/h3-12,15H,13-14,16H2,1-2H3,(H2,40,41,42). The Morgan fingerprint density at radius 3 is 2.30 bits per heavy atom. The van der Waals surface area contributed by atoms with Crippen LogP contribution in [0, 0.1) is 3.83 Å². The van der Waals surface area contributed by atoms with E-state index >= 15 is 0 Å². The zero-order chi connectivity index (χ0) is 32.0. The normalized spacial score (nSPS) is 12.8. The van der Waals surface area contributed by atoms with Gasteiger partial charge in [-0.1, -0.05) is 42.5 Å². The third-order valence-electron chi connectivity index (χ3n) is 7.02. The Hall–Kier alpha value is -3.17. The van der Waals surface area contributed by atoms with E-state index in [1.165, 1.54) is 24.3 Å². The number of rotatable bonds is 9. The van der Waals surface area contributed by atoms with Crippen molar-refractivity contribution >= 4 is 57.8 Å². The van der Waals surface area contributed by atoms with Crippen LogP contribution in [0.25, 0.3) is 32.9 Å². The van der Waals surface area contributed by atoms with Crippen molar-refractivity contribution in [2.75, 3.05) is 25.6 Å². The molecule has 0 fully saturated rings. The Bertz CT molecular complexity index is 1890. The number of nitrogens with zero attached hydrogens (tertiary/aromatic N) is 4. The molecule has 2 aromatic heterocycles. The molecule has 15 heteroatoms. The minimum absolute atomic E-state index is 0.0000101. The third kappa shape index (κ3) is 6.18. The van der Waals surface area contributed by atoms with Gasteiger partial charge in [-0.2, -0.15) is 22.0 Å². The average molecular weight is 746 g/mol. The first-order valence-corrected chi connectivity index (χ1v) is 15.7. The Morgan fingerprint density at radius 2 is 1.66 bits per heavy atom. The van der Waals surface area contributed by atoms with Crippen molar-refractivity contribution in [3.05, 3.63) is 87.4 Å². The molecule has 0 aliphatic carbocycles. The number of aromatic nitrogens is 3. The lowest BCUT2D eigenvalue weighted by Gasteiger charge is -2.19. The Balaban J connectivity index is 1.50. The van der Waals surface area contributed by atoms with Gasteiger partial charge < -0.3 is 24.0 Å². The number of hydrogen-bond donors (Lipinski definition) is 2. The van der Waals surface area contributed by atoms with Gasteiger partial charge in [-0.3, -0.25) is 4.57 Å². The summed E-state index contributed by atoms with van der Waals surface area (Å²) in [5, 5.41) is 1.35. The van der Waals surface area contributed by atoms with Crippen LogP contribution in [0.15, 0.2) is 66.9 Å². The summed E-state index contributed by atoms with van der Waals surface area (Å²) in [7, 11) is -2.05. The molecular formula is C29H25F5IN4O4P. The van der Waals surface area contributed by atoms with Crippen molar-refractivity contribution in [2.24, 2.45) is 0 Å². The number of halogens is 6. The molecule has 44 heavy (non-hydrogen) atoms. The molecular weight excluding hydrogens is 721 g/mol. The van der Waals surface area contributed by atoms with Gasteiger partial charge in [0.2, 0.25) is 0 Å². The SMILES string of the molecule is CN(C)c1nc(I)nc2cc(-c3ccccc3C(F)(F)F)c3c(ccn3CCOCc3ccc(C(F)(F)P(=O)(O)O)cc3)c12. The van der Waals surface area contributed by atoms with E-state index in [0.717, 1.165) is 18.2 Å². The van der Waals surface area contributed by atoms with Crippen molar-refractivity contribution in [2.45, 2.75) is 25.0 Å². The highest BCUT2D eigenvalue weighted by molar-refractivity contribution is 14.1. The summed E-state index contributed by atoms with van der Waals surface area (Å²) < 4.78 is 89.4. The van der Waals surface area contributed by atoms with E-state index < -0.39 is 30.6 Å². The number of alkyl halides is 5. The smallest absolute Gasteiger partial charge is 0.375 e. The fraction of sp³-hybridized carbons (Fsp3) is 0.241. The lowest BCUT2D eigenvalue weighted by atomic mass is 9.95. The second kappa shape index (κ2) is 12.0. The topological polar surface area (TPSA) is 101 Å². The van der Waals surface area contributed by atoms with E-state index in [4.69, 9.17) is 14.5 Å². The highest BCUT2D eigenvalue weighted by Crippen LogP contribution is 2.59. The summed E-state index contributed by atoms with van der Waals surface area (Å²) in [6, 6.07) is 13.2. The molecule has 0 saturated carbocycles. The summed E-state index contributed by atoms with van der Waals surface area (Å²) in [6.07, 6.45) is -2.85. The van der Waals surface area contributed by atoms with Gasteiger partial charge >= 0.3 is 19.4 Å². The van der Waals surface area contributed by atoms with Crippen LogP contribution < -0.4 is 4.90 Å². The van der Waals surface area contributed by atoms with Gasteiger partial charge in [-0.15, -0.1) is 0 Å². The van der Waals surface area contributed by atoms with Crippen LogP contribution in [-0.4, -0.2) is 45.0 Å². The molecule has 2 N–H and O–H groups in total. The molecule has 0 bridgehead atoms. The summed E-state index contributed by atoms with van der Waals surface area (Å²) in [5.74, 6) is 0.613. The third-order valence-corrected chi connectivity index (χ3v) is 8.49. The van der Waals surface area contributed by atoms with Crippen molar-refractivity contribution in [1.29, 1.82) is 0 Å². The van der Waals surface area contributed by atoms with Crippen molar-refractivity contribution in [3.8, 4) is 11.1 Å². The van der Waals surface area contributed by atoms with E-state index in [2.05, 4.69) is 9.97 Å². The van der Waals surface area contributed by atoms with Crippen molar-refractivity contribution in [3.63, 3.8) is 0 Å². The molecule has 0 aliphatic heterocycles. The van der Waals surface area contributed by atoms with E-state index in [0.29, 0.717) is 42.6 Å². The molecule has 232 valence electrons. The first-order valence-electron chi connectivity index (χ1n) is 13.0. The van der Waals surface area contributed by atoms with Crippen LogP contribution in [0.5, 0.6) is 0 Å². The predicted molar refractivity (Wildman–Crippen MR) is 165 cm³/mol. The molecule has 2 heterocycles. The maximum absolute atomic E-state index is 14.1. The predicted octanol–water partition coefficient (Wildman–Crippen LogP) is 7.38. The van der Waals surface area contributed by atoms with Gasteiger partial charge in [0.1, 0.15) is 5.82 Å². The van der Waals surface area contributed by atoms with Crippen LogP contribution in [0.1, 0.15) is 16.7 Å². The van der Waals surface area contributed by atoms with E-state index in [9.17, 15) is 26.5 Å². The molecule has 8 nitrogen and oxygen atoms in total. The average Bonchev–Trinajstić information content (AvgIpc) is 3.37. The molecule has 0 radical (unpaired) electrons. The molecule has 0 spiro atoms. The Labute approximate surface area is 261 Å². The van der Waals surface area contributed by atoms with E-state index in [-0.39, 0.29) is 25.3 Å². The van der Waals surface area contributed by atoms with Crippen LogP contribution >= 0.6 is 30.2 Å². The van der Waals surface area contributed by atoms with Gasteiger partial charge in [-0.05, 0) is 29.3 Å². The Morgan fingerprint density at radius 1 is 0.977 bits per heavy atom. The van der Waals surface area contributed by atoms with Crippen LogP contribution in [-0.2, 0) is 34.3 Å². The summed E-state index contributed by atoms with van der Waals surface area (Å²) in [6.45, 7) is 0.365. The molecule has 0 saturated heterocycles. The minimum Gasteiger partial charge on any atom is -0.375 e. The van der Waals surface area contributed by atoms with Gasteiger partial charge in [0, 0.05) is 65.9 Å². The number of benzene rings is 3. The van der Waals surface area contributed by atoms with Gasteiger partial charge in [-0.25, -0.2) is 9.97 Å². The quantitative estimate of drug-likeness (QED) is 0.0534. The lowest BCUT2D eigenvalue weighted by Crippen LogP contribution is -2.13. The largest absolute Gasteiger partial charge is 0.417 e. The van der Waals surface area contributed by atoms with Gasteiger partial charge in [0.15, 0.2) is 3.83 Å². The molecule has 0 aliphatic rings. The van der Waals surface area contributed by atoms with E-state index in [1.54, 1.807) is 29.0 Å². The number of ether oxygens (including phenoxy) is 1. The maximum Gasteiger partial charge on any atom is 0.417 e. The van der Waals surface area contributed by atoms with Crippen molar-refractivity contribution in [1.82, 2.24) is 14.5 Å². The fourth-order valence-electron chi connectivity index (χ4n) is 4.98. The first-order chi connectivity index (χ1) is 20.6. The second-order valence-electron chi connectivity index (χ2n) is 10.2. The minimum atomic E-state index is -5.69. The fourth-order valence-corrected chi connectivity index (χ4v) is 5.96. The highest BCUT2D eigenvalue weighted by Gasteiger charge is 2.50.